The van der Waals surface area contributed by atoms with Crippen molar-refractivity contribution in [2.45, 2.75) is 278 Å². The number of para-hydroxylation sites is 1. The van der Waals surface area contributed by atoms with Gasteiger partial charge in [-0.25, -0.2) is 54.1 Å². The van der Waals surface area contributed by atoms with Crippen LogP contribution >= 0.6 is 0 Å². The summed E-state index contributed by atoms with van der Waals surface area (Å²) in [6, 6.07) is 14.3. The van der Waals surface area contributed by atoms with Crippen molar-refractivity contribution in [1.82, 2.24) is 122 Å². The van der Waals surface area contributed by atoms with Gasteiger partial charge in [-0.05, 0) is 171 Å². The molecule has 0 bridgehead atoms. The van der Waals surface area contributed by atoms with Crippen LogP contribution in [0.2, 0.25) is 0 Å². The molecule has 6 saturated carbocycles. The Hall–Kier alpha value is -13.9. The van der Waals surface area contributed by atoms with Crippen LogP contribution in [0, 0.1) is 0 Å². The van der Waals surface area contributed by atoms with Crippen LogP contribution in [0.15, 0.2) is 96.8 Å². The maximum absolute atomic E-state index is 13.0. The van der Waals surface area contributed by atoms with Gasteiger partial charge >= 0.3 is 0 Å². The minimum absolute atomic E-state index is 0.136. The van der Waals surface area contributed by atoms with Crippen LogP contribution in [-0.2, 0) is 82.2 Å². The van der Waals surface area contributed by atoms with E-state index < -0.39 is 9.71 Å². The van der Waals surface area contributed by atoms with E-state index in [4.69, 9.17) is 51.3 Å². The Labute approximate surface area is 807 Å². The molecular formula is C101H118N32O6S. The van der Waals surface area contributed by atoms with Crippen molar-refractivity contribution < 1.29 is 26.8 Å². The standard InChI is InChI=1S/C23H24N6O.C21H24N8O.C20H24N6O.C19H24N6O2S.C18H22N6O/c1-13(2)29-17-11-28(15-6-4-3-5-7-15)10-16-20(27-30-21(16)14-8-9-14)18(17)19-22(24)25-12-26-23(19)29;1-11(2)29-14-9-28(15-6-7-27(3)25-15)8-13-18(26-30-19(13)12-4-5-12)16(14)17-20(22)23-10-24-21(17)29;1-10(2)26-14-8-25(12-5-6-12)7-13-17(24-27-18(13)11-3-4-11)15(14)16-19(21)22-9-23-20(16)26;1-10(2)25-13-8-24(28(3,4)26)7-12-16(23-27-17(12)11-5-6-11)14(13)15-18(20)21-9-22-19(15)25;1-9(2)24-12-7-23(3)6-11-15(22-25-16(11)10-4-5-10)13(12)14-17(19)20-8-21-18(14)24/h3-7,12-14H,8-11H2,1-2H3,(H2,24,25,26);6-7,10-12H,4-5,8-9H2,1-3H3,(H2,22,23,24);9-12H,3-8H2,1-2H3,(H2,21,22,23);9-11H,3,5-8H2,1-2,4H3,(H2,20,21,22);8-10H,4-7H2,1-3H3,(H2,19,20,21). The highest BCUT2D eigenvalue weighted by Gasteiger charge is 2.47. The summed E-state index contributed by atoms with van der Waals surface area (Å²) in [4.78, 5) is 53.8. The summed E-state index contributed by atoms with van der Waals surface area (Å²) >= 11 is 0. The average Bonchev–Trinajstić information content (AvgIpc) is 1.57. The lowest BCUT2D eigenvalue weighted by Crippen LogP contribution is -2.29. The van der Waals surface area contributed by atoms with Gasteiger partial charge in [0.2, 0.25) is 0 Å². The Bertz CT molecular complexity index is 7900. The Morgan fingerprint density at radius 2 is 0.650 bits per heavy atom. The first kappa shape index (κ1) is 88.8. The fraction of sp³-hybridized carbons (Fsp3) is 0.455. The maximum atomic E-state index is 13.0. The number of benzene rings is 1. The number of aromatic nitrogens is 22. The Morgan fingerprint density at radius 3 is 0.964 bits per heavy atom. The zero-order chi connectivity index (χ0) is 96.3. The van der Waals surface area contributed by atoms with E-state index in [1.54, 1.807) is 25.2 Å². The molecule has 1 unspecified atom stereocenters. The predicted molar refractivity (Wildman–Crippen MR) is 536 cm³/mol. The van der Waals surface area contributed by atoms with E-state index in [1.165, 1.54) is 97.8 Å². The summed E-state index contributed by atoms with van der Waals surface area (Å²) in [5.74, 6) is 14.8. The molecule has 0 amide bonds. The van der Waals surface area contributed by atoms with E-state index in [0.717, 1.165) is 239 Å². The van der Waals surface area contributed by atoms with Crippen LogP contribution in [0.5, 0.6) is 0 Å². The second-order valence-electron chi connectivity index (χ2n) is 41.4. The monoisotopic (exact) mass is 1910 g/mol. The molecule has 11 aliphatic rings. The third-order valence-corrected chi connectivity index (χ3v) is 30.9. The van der Waals surface area contributed by atoms with E-state index in [9.17, 15) is 4.21 Å². The molecule has 10 N–H and O–H groups in total. The molecule has 0 spiro atoms. The molecule has 1 atom stereocenters. The molecule has 16 aromatic heterocycles. The van der Waals surface area contributed by atoms with Crippen molar-refractivity contribution in [2.24, 2.45) is 7.05 Å². The summed E-state index contributed by atoms with van der Waals surface area (Å²) in [5, 5.41) is 31.7. The molecule has 6 aliphatic carbocycles. The van der Waals surface area contributed by atoms with E-state index in [1.807, 2.05) is 28.3 Å². The number of rotatable bonds is 14. The number of hydrogen-bond acceptors (Lipinski definition) is 31. The van der Waals surface area contributed by atoms with Crippen LogP contribution in [-0.4, -0.2) is 152 Å². The van der Waals surface area contributed by atoms with Crippen molar-refractivity contribution in [1.29, 1.82) is 0 Å². The second-order valence-corrected chi connectivity index (χ2v) is 43.9. The van der Waals surface area contributed by atoms with Gasteiger partial charge < -0.3 is 83.9 Å². The van der Waals surface area contributed by atoms with Gasteiger partial charge in [-0.15, -0.1) is 0 Å². The van der Waals surface area contributed by atoms with Gasteiger partial charge in [-0.1, -0.05) is 44.0 Å². The first-order chi connectivity index (χ1) is 67.6. The second kappa shape index (κ2) is 33.7. The quantitative estimate of drug-likeness (QED) is 0.0631. The minimum atomic E-state index is -2.44. The molecule has 1 aromatic carbocycles. The van der Waals surface area contributed by atoms with Gasteiger partial charge in [-0.3, -0.25) is 18.7 Å². The molecule has 140 heavy (non-hydrogen) atoms. The number of anilines is 7. The van der Waals surface area contributed by atoms with Crippen molar-refractivity contribution in [3.05, 3.63) is 159 Å². The van der Waals surface area contributed by atoms with Crippen LogP contribution in [0.4, 0.5) is 40.6 Å². The average molecular weight is 1910 g/mol. The molecular weight excluding hydrogens is 1790 g/mol. The Kier molecular flexibility index (Phi) is 21.4. The molecule has 21 heterocycles. The van der Waals surface area contributed by atoms with E-state index >= 15 is 0 Å². The fourth-order valence-electron chi connectivity index (χ4n) is 22.4. The Balaban J connectivity index is 0.0000000950. The maximum Gasteiger partial charge on any atom is 0.151 e. The summed E-state index contributed by atoms with van der Waals surface area (Å²) in [5.41, 5.74) is 58.1. The van der Waals surface area contributed by atoms with Crippen molar-refractivity contribution >= 4 is 111 Å². The van der Waals surface area contributed by atoms with Gasteiger partial charge in [-0.2, -0.15) is 5.10 Å². The molecule has 5 aliphatic heterocycles. The van der Waals surface area contributed by atoms with Gasteiger partial charge in [0.1, 0.15) is 146 Å². The highest BCUT2D eigenvalue weighted by Crippen LogP contribution is 2.57. The van der Waals surface area contributed by atoms with E-state index in [0.29, 0.717) is 90.9 Å². The SMILES string of the molecule is C=S(C)(=O)N1Cc2c(noc2C2CC2)-c2c(n(C(C)C)c3ncnc(N)c23)C1.CC(C)n1c2c(c3c(N)ncnc31)-c1noc(C3CC3)c1CN(C)C2.CC(C)n1c2c(c3c(N)ncnc31)-c1noc(C3CC3)c1CN(C1CC1)C2.CC(C)n1c2c(c3c(N)ncnc31)-c1noc(C3CC3)c1CN(c1ccccc1)C2.CC(C)n1c2c(c3c(N)ncnc31)-c1noc(C3CC3)c1CN(c1ccn(C)n1)C2. The van der Waals surface area contributed by atoms with Crippen molar-refractivity contribution in [2.75, 3.05) is 51.8 Å². The third kappa shape index (κ3) is 15.0. The molecule has 0 radical (unpaired) electrons. The van der Waals surface area contributed by atoms with Gasteiger partial charge in [0.05, 0.1) is 53.1 Å². The molecule has 28 rings (SSSR count). The Morgan fingerprint density at radius 1 is 0.350 bits per heavy atom. The van der Waals surface area contributed by atoms with Crippen LogP contribution in [0.3, 0.4) is 0 Å². The number of aryl methyl sites for hydroxylation is 1. The molecule has 38 nitrogen and oxygen atoms in total. The predicted octanol–water partition coefficient (Wildman–Crippen LogP) is 17.4. The normalized spacial score (nSPS) is 17.8. The van der Waals surface area contributed by atoms with Crippen molar-refractivity contribution in [3.8, 4) is 56.3 Å². The number of nitrogen functional groups attached to an aromatic ring is 5. The summed E-state index contributed by atoms with van der Waals surface area (Å²) < 4.78 is 57.3. The highest BCUT2D eigenvalue weighted by molar-refractivity contribution is 7.97. The lowest BCUT2D eigenvalue weighted by Gasteiger charge is -2.25. The molecule has 724 valence electrons. The minimum Gasteiger partial charge on any atom is -0.383 e. The van der Waals surface area contributed by atoms with Gasteiger partial charge in [0, 0.05) is 230 Å². The van der Waals surface area contributed by atoms with Crippen LogP contribution < -0.4 is 38.5 Å². The lowest BCUT2D eigenvalue weighted by atomic mass is 10.0. The van der Waals surface area contributed by atoms with E-state index in [2.05, 4.69) is 236 Å². The molecule has 17 aromatic rings. The van der Waals surface area contributed by atoms with Gasteiger partial charge in [0.25, 0.3) is 0 Å². The topological polar surface area (TPSA) is 465 Å². The summed E-state index contributed by atoms with van der Waals surface area (Å²) in [6.45, 7) is 28.9. The third-order valence-electron chi connectivity index (χ3n) is 29.5. The number of nitrogens with zero attached hydrogens (tertiary/aromatic N) is 27. The number of hydrogen-bond donors (Lipinski definition) is 5. The van der Waals surface area contributed by atoms with Crippen molar-refractivity contribution in [3.63, 3.8) is 0 Å². The van der Waals surface area contributed by atoms with Crippen LogP contribution in [0.1, 0.15) is 291 Å². The number of fused-ring (bicyclic) bond motifs is 25. The smallest absolute Gasteiger partial charge is 0.151 e. The van der Waals surface area contributed by atoms with Crippen LogP contribution in [0.25, 0.3) is 111 Å². The molecule has 39 heteroatoms. The fourth-order valence-corrected chi connectivity index (χ4v) is 23.2. The summed E-state index contributed by atoms with van der Waals surface area (Å²) in [6.07, 6.45) is 25.5. The first-order valence-electron chi connectivity index (χ1n) is 49.3. The van der Waals surface area contributed by atoms with Gasteiger partial charge in [0.15, 0.2) is 5.82 Å². The lowest BCUT2D eigenvalue weighted by molar-refractivity contribution is 0.238. The molecule has 6 fully saturated rings. The van der Waals surface area contributed by atoms with E-state index in [-0.39, 0.29) is 30.2 Å². The molecule has 0 saturated heterocycles. The zero-order valence-corrected chi connectivity index (χ0v) is 82.2. The number of nitrogens with two attached hydrogens (primary N) is 5. The summed E-state index contributed by atoms with van der Waals surface area (Å²) in [7, 11) is 1.64. The zero-order valence-electron chi connectivity index (χ0n) is 81.4. The highest BCUT2D eigenvalue weighted by atomic mass is 32.2. The largest absolute Gasteiger partial charge is 0.383 e. The first-order valence-corrected chi connectivity index (χ1v) is 51.4.